The van der Waals surface area contributed by atoms with E-state index in [0.29, 0.717) is 28.3 Å². The number of benzene rings is 1. The predicted molar refractivity (Wildman–Crippen MR) is 120 cm³/mol. The molecule has 2 aliphatic rings. The van der Waals surface area contributed by atoms with Crippen LogP contribution in [0.1, 0.15) is 24.6 Å². The number of aromatic nitrogens is 1. The highest BCUT2D eigenvalue weighted by molar-refractivity contribution is 7.92. The van der Waals surface area contributed by atoms with Crippen molar-refractivity contribution in [1.29, 1.82) is 0 Å². The van der Waals surface area contributed by atoms with E-state index >= 15 is 0 Å². The molecule has 0 saturated carbocycles. The number of amides is 1. The molecule has 2 aromatic rings. The number of carbonyl (C=O) groups excluding carboxylic acids is 1. The van der Waals surface area contributed by atoms with Crippen LogP contribution in [-0.2, 0) is 21.2 Å². The zero-order valence-electron chi connectivity index (χ0n) is 18.3. The zero-order valence-corrected chi connectivity index (χ0v) is 19.1. The van der Waals surface area contributed by atoms with Gasteiger partial charge >= 0.3 is 12.0 Å². The van der Waals surface area contributed by atoms with Crippen LogP contribution in [0.25, 0.3) is 11.1 Å². The van der Waals surface area contributed by atoms with E-state index in [2.05, 4.69) is 17.2 Å². The third-order valence-electron chi connectivity index (χ3n) is 6.34. The van der Waals surface area contributed by atoms with Gasteiger partial charge in [-0.15, -0.1) is 0 Å². The average molecular weight is 474 g/mol. The van der Waals surface area contributed by atoms with Gasteiger partial charge in [0.15, 0.2) is 14.6 Å². The largest absolute Gasteiger partial charge is 0.480 e. The lowest BCUT2D eigenvalue weighted by Crippen LogP contribution is -2.45. The van der Waals surface area contributed by atoms with E-state index < -0.39 is 32.4 Å². The first-order chi connectivity index (χ1) is 15.5. The van der Waals surface area contributed by atoms with Crippen LogP contribution in [0.4, 0.5) is 9.18 Å². The van der Waals surface area contributed by atoms with Crippen molar-refractivity contribution in [3.63, 3.8) is 0 Å². The van der Waals surface area contributed by atoms with Crippen LogP contribution in [0.2, 0.25) is 0 Å². The summed E-state index contributed by atoms with van der Waals surface area (Å²) in [6.45, 7) is 2.98. The molecule has 0 bridgehead atoms. The van der Waals surface area contributed by atoms with Crippen molar-refractivity contribution in [3.05, 3.63) is 47.5 Å². The number of carboxylic acid groups (broad SMARTS) is 1. The second-order valence-electron chi connectivity index (χ2n) is 8.67. The maximum atomic E-state index is 14.7. The summed E-state index contributed by atoms with van der Waals surface area (Å²) in [5.74, 6) is 4.48. The zero-order chi connectivity index (χ0) is 24.0. The fraction of sp³-hybridized carbons (Fsp3) is 0.391. The maximum absolute atomic E-state index is 14.7. The number of aliphatic carboxylic acids is 1. The standard InChI is InChI=1S/C23H24FN3O5S/c1-23(21(28)29,33(2,31)32)7-8-26-14-18-10-17(13-27(18)22(26)30)19-6-5-15(9-20(19)24)3-4-16-11-25-12-16/h5-6,9-10,13,16,25H,7-8,11-12,14H2,1-2H3,(H,28,29). The van der Waals surface area contributed by atoms with E-state index in [1.165, 1.54) is 21.7 Å². The maximum Gasteiger partial charge on any atom is 0.328 e. The van der Waals surface area contributed by atoms with Gasteiger partial charge in [0.2, 0.25) is 0 Å². The van der Waals surface area contributed by atoms with Gasteiger partial charge in [-0.1, -0.05) is 17.9 Å². The summed E-state index contributed by atoms with van der Waals surface area (Å²) in [5, 5.41) is 12.5. The molecule has 1 saturated heterocycles. The van der Waals surface area contributed by atoms with Crippen LogP contribution in [0.3, 0.4) is 0 Å². The normalized spacial score (nSPS) is 17.7. The molecule has 0 radical (unpaired) electrons. The Balaban J connectivity index is 1.48. The Labute approximate surface area is 191 Å². The minimum atomic E-state index is -3.88. The summed E-state index contributed by atoms with van der Waals surface area (Å²) in [6.07, 6.45) is 2.17. The summed E-state index contributed by atoms with van der Waals surface area (Å²) < 4.78 is 38.1. The molecule has 1 amide bonds. The number of rotatable bonds is 6. The number of sulfone groups is 1. The van der Waals surface area contributed by atoms with E-state index in [1.54, 1.807) is 18.2 Å². The van der Waals surface area contributed by atoms with E-state index in [9.17, 15) is 27.5 Å². The molecular weight excluding hydrogens is 449 g/mol. The van der Waals surface area contributed by atoms with E-state index in [-0.39, 0.29) is 19.5 Å². The summed E-state index contributed by atoms with van der Waals surface area (Å²) >= 11 is 0. The van der Waals surface area contributed by atoms with Gasteiger partial charge in [0.1, 0.15) is 5.82 Å². The van der Waals surface area contributed by atoms with Gasteiger partial charge in [0.05, 0.1) is 6.54 Å². The molecule has 0 spiro atoms. The molecule has 2 aliphatic heterocycles. The van der Waals surface area contributed by atoms with Crippen molar-refractivity contribution in [2.75, 3.05) is 25.9 Å². The lowest BCUT2D eigenvalue weighted by molar-refractivity contribution is -0.139. The molecule has 0 aliphatic carbocycles. The number of nitrogens with one attached hydrogen (secondary N) is 1. The van der Waals surface area contributed by atoms with E-state index in [1.807, 2.05) is 0 Å². The second kappa shape index (κ2) is 8.32. The van der Waals surface area contributed by atoms with Gasteiger partial charge in [-0.3, -0.25) is 9.36 Å². The lowest BCUT2D eigenvalue weighted by Gasteiger charge is -2.25. The highest BCUT2D eigenvalue weighted by Gasteiger charge is 2.44. The quantitative estimate of drug-likeness (QED) is 0.621. The van der Waals surface area contributed by atoms with E-state index in [0.717, 1.165) is 26.3 Å². The monoisotopic (exact) mass is 473 g/mol. The summed E-state index contributed by atoms with van der Waals surface area (Å²) in [4.78, 5) is 25.7. The number of carboxylic acids is 1. The minimum Gasteiger partial charge on any atom is -0.480 e. The topological polar surface area (TPSA) is 109 Å². The average Bonchev–Trinajstić information content (AvgIpc) is 3.23. The summed E-state index contributed by atoms with van der Waals surface area (Å²) in [6, 6.07) is 6.05. The van der Waals surface area contributed by atoms with Crippen LogP contribution in [0.15, 0.2) is 30.5 Å². The minimum absolute atomic E-state index is 0.0377. The number of halogens is 1. The SMILES string of the molecule is CC(CCN1Cc2cc(-c3ccc(C#CC4CNC4)cc3F)cn2C1=O)(C(=O)O)S(C)(=O)=O. The highest BCUT2D eigenvalue weighted by atomic mass is 32.2. The number of carbonyl (C=O) groups is 2. The molecule has 1 unspecified atom stereocenters. The first-order valence-corrected chi connectivity index (χ1v) is 12.3. The third kappa shape index (κ3) is 4.26. The highest BCUT2D eigenvalue weighted by Crippen LogP contribution is 2.30. The van der Waals surface area contributed by atoms with Crippen LogP contribution in [0, 0.1) is 23.6 Å². The van der Waals surface area contributed by atoms with Crippen molar-refractivity contribution in [1.82, 2.24) is 14.8 Å². The van der Waals surface area contributed by atoms with Crippen molar-refractivity contribution >= 4 is 21.8 Å². The van der Waals surface area contributed by atoms with Gasteiger partial charge in [0, 0.05) is 60.4 Å². The first-order valence-electron chi connectivity index (χ1n) is 10.5. The summed E-state index contributed by atoms with van der Waals surface area (Å²) in [7, 11) is -3.88. The van der Waals surface area contributed by atoms with Crippen LogP contribution >= 0.6 is 0 Å². The lowest BCUT2D eigenvalue weighted by atomic mass is 10.0. The van der Waals surface area contributed by atoms with Gasteiger partial charge < -0.3 is 15.3 Å². The molecule has 1 fully saturated rings. The van der Waals surface area contributed by atoms with Gasteiger partial charge in [-0.2, -0.15) is 0 Å². The number of fused-ring (bicyclic) bond motifs is 1. The molecule has 3 heterocycles. The van der Waals surface area contributed by atoms with Crippen molar-refractivity contribution < 1.29 is 27.5 Å². The molecule has 33 heavy (non-hydrogen) atoms. The number of nitrogens with zero attached hydrogens (tertiary/aromatic N) is 2. The smallest absolute Gasteiger partial charge is 0.328 e. The molecule has 2 N–H and O–H groups in total. The molecule has 4 rings (SSSR count). The molecule has 174 valence electrons. The first kappa shape index (κ1) is 23.0. The third-order valence-corrected chi connectivity index (χ3v) is 8.36. The Hall–Kier alpha value is -3.16. The predicted octanol–water partition coefficient (Wildman–Crippen LogP) is 1.93. The van der Waals surface area contributed by atoms with Crippen molar-refractivity contribution in [2.45, 2.75) is 24.6 Å². The van der Waals surface area contributed by atoms with Crippen LogP contribution < -0.4 is 5.32 Å². The Bertz CT molecular complexity index is 1300. The Morgan fingerprint density at radius 1 is 1.33 bits per heavy atom. The number of hydrogen-bond donors (Lipinski definition) is 2. The van der Waals surface area contributed by atoms with Crippen LogP contribution in [-0.4, -0.2) is 65.6 Å². The molecule has 10 heteroatoms. The number of hydrogen-bond acceptors (Lipinski definition) is 5. The molecule has 1 aromatic heterocycles. The summed E-state index contributed by atoms with van der Waals surface area (Å²) in [5.41, 5.74) is 2.10. The molecule has 1 aromatic carbocycles. The van der Waals surface area contributed by atoms with Crippen LogP contribution in [0.5, 0.6) is 0 Å². The van der Waals surface area contributed by atoms with E-state index in [4.69, 9.17) is 0 Å². The van der Waals surface area contributed by atoms with Crippen molar-refractivity contribution in [3.8, 4) is 23.0 Å². The Morgan fingerprint density at radius 2 is 2.06 bits per heavy atom. The Kier molecular flexibility index (Phi) is 5.80. The fourth-order valence-corrected chi connectivity index (χ4v) is 4.53. The fourth-order valence-electron chi connectivity index (χ4n) is 3.75. The van der Waals surface area contributed by atoms with Gasteiger partial charge in [-0.25, -0.2) is 17.6 Å². The Morgan fingerprint density at radius 3 is 2.61 bits per heavy atom. The van der Waals surface area contributed by atoms with Gasteiger partial charge in [-0.05, 0) is 31.5 Å². The molecular formula is C23H24FN3O5S. The molecule has 8 nitrogen and oxygen atoms in total. The second-order valence-corrected chi connectivity index (χ2v) is 11.1. The van der Waals surface area contributed by atoms with Gasteiger partial charge in [0.25, 0.3) is 0 Å². The van der Waals surface area contributed by atoms with Crippen molar-refractivity contribution in [2.24, 2.45) is 5.92 Å². The molecule has 1 atom stereocenters.